The number of nitrogen functional groups attached to an aromatic ring is 1. The van der Waals surface area contributed by atoms with Crippen molar-refractivity contribution < 1.29 is 9.13 Å². The molecule has 1 fully saturated rings. The van der Waals surface area contributed by atoms with E-state index < -0.39 is 11.9 Å². The third-order valence-corrected chi connectivity index (χ3v) is 5.70. The van der Waals surface area contributed by atoms with E-state index in [4.69, 9.17) is 33.7 Å². The second kappa shape index (κ2) is 8.18. The molecule has 1 aliphatic rings. The predicted octanol–water partition coefficient (Wildman–Crippen LogP) is 4.65. The quantitative estimate of drug-likeness (QED) is 0.570. The SMILES string of the molecule is CC(Oc1ccc(-c2cnn([C@@H]3CCNC3)c2)nc1N)c1c(Cl)ccc(F)c1Cl. The van der Waals surface area contributed by atoms with E-state index in [9.17, 15) is 4.39 Å². The Morgan fingerprint density at radius 2 is 2.14 bits per heavy atom. The van der Waals surface area contributed by atoms with Gasteiger partial charge in [0.05, 0.1) is 23.0 Å². The summed E-state index contributed by atoms with van der Waals surface area (Å²) in [6.45, 7) is 3.63. The highest BCUT2D eigenvalue weighted by Crippen LogP contribution is 2.36. The number of anilines is 1. The van der Waals surface area contributed by atoms with Crippen LogP contribution < -0.4 is 15.8 Å². The molecular formula is C20H20Cl2FN5O. The summed E-state index contributed by atoms with van der Waals surface area (Å²) in [5, 5.41) is 8.02. The van der Waals surface area contributed by atoms with Crippen LogP contribution in [0.1, 0.15) is 31.1 Å². The highest BCUT2D eigenvalue weighted by Gasteiger charge is 2.21. The number of hydrogen-bond donors (Lipinski definition) is 2. The Morgan fingerprint density at radius 1 is 1.31 bits per heavy atom. The van der Waals surface area contributed by atoms with Crippen LogP contribution in [0, 0.1) is 5.82 Å². The molecule has 1 aromatic carbocycles. The molecule has 3 aromatic rings. The summed E-state index contributed by atoms with van der Waals surface area (Å²) in [4.78, 5) is 4.44. The standard InChI is InChI=1S/C20H20Cl2FN5O/c1-11(18-14(21)2-3-15(23)19(18)22)29-17-5-4-16(27-20(17)24)12-8-26-28(10-12)13-6-7-25-9-13/h2-5,8,10-11,13,25H,6-7,9H2,1H3,(H2,24,27)/t11?,13-/m1/s1. The minimum absolute atomic E-state index is 0.0676. The Hall–Kier alpha value is -2.35. The molecule has 0 saturated carbocycles. The first-order valence-electron chi connectivity index (χ1n) is 9.26. The predicted molar refractivity (Wildman–Crippen MR) is 112 cm³/mol. The Morgan fingerprint density at radius 3 is 2.86 bits per heavy atom. The summed E-state index contributed by atoms with van der Waals surface area (Å²) in [6.07, 6.45) is 4.18. The Labute approximate surface area is 177 Å². The summed E-state index contributed by atoms with van der Waals surface area (Å²) in [5.41, 5.74) is 8.04. The van der Waals surface area contributed by atoms with Gasteiger partial charge in [-0.15, -0.1) is 0 Å². The van der Waals surface area contributed by atoms with Crippen LogP contribution in [-0.2, 0) is 0 Å². The zero-order valence-electron chi connectivity index (χ0n) is 15.7. The maximum atomic E-state index is 13.8. The molecule has 0 radical (unpaired) electrons. The first kappa shape index (κ1) is 19.9. The first-order chi connectivity index (χ1) is 13.9. The van der Waals surface area contributed by atoms with Gasteiger partial charge in [-0.2, -0.15) is 5.10 Å². The molecule has 0 bridgehead atoms. The van der Waals surface area contributed by atoms with Crippen molar-refractivity contribution in [3.05, 3.63) is 58.1 Å². The zero-order valence-corrected chi connectivity index (χ0v) is 17.2. The van der Waals surface area contributed by atoms with Crippen LogP contribution in [0.4, 0.5) is 10.2 Å². The van der Waals surface area contributed by atoms with Crippen molar-refractivity contribution in [2.75, 3.05) is 18.8 Å². The van der Waals surface area contributed by atoms with E-state index in [1.165, 1.54) is 12.1 Å². The van der Waals surface area contributed by atoms with E-state index in [1.54, 1.807) is 25.3 Å². The molecule has 29 heavy (non-hydrogen) atoms. The van der Waals surface area contributed by atoms with Crippen LogP contribution in [0.15, 0.2) is 36.7 Å². The van der Waals surface area contributed by atoms with Gasteiger partial charge < -0.3 is 15.8 Å². The Kier molecular flexibility index (Phi) is 5.63. The third kappa shape index (κ3) is 4.03. The molecule has 1 unspecified atom stereocenters. The van der Waals surface area contributed by atoms with Crippen LogP contribution in [0.5, 0.6) is 5.75 Å². The summed E-state index contributed by atoms with van der Waals surface area (Å²) < 4.78 is 21.6. The zero-order chi connectivity index (χ0) is 20.5. The maximum Gasteiger partial charge on any atom is 0.166 e. The van der Waals surface area contributed by atoms with Crippen LogP contribution in [0.25, 0.3) is 11.3 Å². The number of rotatable bonds is 5. The monoisotopic (exact) mass is 435 g/mol. The minimum atomic E-state index is -0.613. The minimum Gasteiger partial charge on any atom is -0.482 e. The van der Waals surface area contributed by atoms with Gasteiger partial charge in [0.2, 0.25) is 0 Å². The lowest BCUT2D eigenvalue weighted by Crippen LogP contribution is -2.13. The second-order valence-corrected chi connectivity index (χ2v) is 7.74. The highest BCUT2D eigenvalue weighted by atomic mass is 35.5. The number of halogens is 3. The van der Waals surface area contributed by atoms with E-state index in [0.717, 1.165) is 25.1 Å². The van der Waals surface area contributed by atoms with Crippen molar-refractivity contribution in [2.45, 2.75) is 25.5 Å². The number of aromatic nitrogens is 3. The van der Waals surface area contributed by atoms with Gasteiger partial charge in [0, 0.05) is 28.9 Å². The van der Waals surface area contributed by atoms with Crippen molar-refractivity contribution in [3.8, 4) is 17.0 Å². The smallest absolute Gasteiger partial charge is 0.166 e. The second-order valence-electron chi connectivity index (χ2n) is 6.95. The fourth-order valence-electron chi connectivity index (χ4n) is 3.42. The fraction of sp³-hybridized carbons (Fsp3) is 0.300. The average molecular weight is 436 g/mol. The summed E-state index contributed by atoms with van der Waals surface area (Å²) in [6, 6.07) is 6.55. The molecule has 4 rings (SSSR count). The van der Waals surface area contributed by atoms with Gasteiger partial charge in [0.25, 0.3) is 0 Å². The van der Waals surface area contributed by atoms with Crippen molar-refractivity contribution in [1.29, 1.82) is 0 Å². The number of hydrogen-bond acceptors (Lipinski definition) is 5. The van der Waals surface area contributed by atoms with Crippen LogP contribution in [-0.4, -0.2) is 27.9 Å². The Bertz CT molecular complexity index is 1040. The lowest BCUT2D eigenvalue weighted by Gasteiger charge is -2.19. The van der Waals surface area contributed by atoms with Crippen LogP contribution in [0.2, 0.25) is 10.0 Å². The van der Waals surface area contributed by atoms with Crippen LogP contribution >= 0.6 is 23.2 Å². The number of nitrogens with zero attached hydrogens (tertiary/aromatic N) is 3. The van der Waals surface area contributed by atoms with E-state index in [0.29, 0.717) is 28.1 Å². The molecule has 3 heterocycles. The van der Waals surface area contributed by atoms with Crippen molar-refractivity contribution in [3.63, 3.8) is 0 Å². The Balaban J connectivity index is 1.54. The van der Waals surface area contributed by atoms with Gasteiger partial charge in [0.1, 0.15) is 11.9 Å². The molecular weight excluding hydrogens is 416 g/mol. The number of nitrogens with two attached hydrogens (primary N) is 1. The molecule has 3 N–H and O–H groups in total. The lowest BCUT2D eigenvalue weighted by molar-refractivity contribution is 0.227. The van der Waals surface area contributed by atoms with Gasteiger partial charge in [-0.3, -0.25) is 4.68 Å². The molecule has 2 aromatic heterocycles. The van der Waals surface area contributed by atoms with E-state index in [1.807, 2.05) is 10.9 Å². The van der Waals surface area contributed by atoms with Crippen molar-refractivity contribution in [1.82, 2.24) is 20.1 Å². The van der Waals surface area contributed by atoms with Gasteiger partial charge in [0.15, 0.2) is 11.6 Å². The summed E-state index contributed by atoms with van der Waals surface area (Å²) >= 11 is 12.2. The van der Waals surface area contributed by atoms with Crippen LogP contribution in [0.3, 0.4) is 0 Å². The highest BCUT2D eigenvalue weighted by molar-refractivity contribution is 6.36. The number of ether oxygens (including phenoxy) is 1. The molecule has 1 saturated heterocycles. The van der Waals surface area contributed by atoms with Gasteiger partial charge in [-0.1, -0.05) is 23.2 Å². The normalized spacial score (nSPS) is 17.4. The molecule has 1 aliphatic heterocycles. The van der Waals surface area contributed by atoms with E-state index in [2.05, 4.69) is 15.4 Å². The largest absolute Gasteiger partial charge is 0.482 e. The van der Waals surface area contributed by atoms with Crippen molar-refractivity contribution >= 4 is 29.0 Å². The van der Waals surface area contributed by atoms with Crippen molar-refractivity contribution in [2.24, 2.45) is 0 Å². The molecule has 9 heteroatoms. The number of nitrogens with one attached hydrogen (secondary N) is 1. The first-order valence-corrected chi connectivity index (χ1v) is 10.0. The summed E-state index contributed by atoms with van der Waals surface area (Å²) in [5.74, 6) is 0.0238. The maximum absolute atomic E-state index is 13.8. The van der Waals surface area contributed by atoms with Gasteiger partial charge >= 0.3 is 0 Å². The average Bonchev–Trinajstić information content (AvgIpc) is 3.38. The fourth-order valence-corrected chi connectivity index (χ4v) is 4.10. The third-order valence-electron chi connectivity index (χ3n) is 4.98. The number of benzene rings is 1. The molecule has 6 nitrogen and oxygen atoms in total. The lowest BCUT2D eigenvalue weighted by atomic mass is 10.1. The number of pyridine rings is 1. The van der Waals surface area contributed by atoms with E-state index >= 15 is 0 Å². The molecule has 0 amide bonds. The molecule has 0 aliphatic carbocycles. The van der Waals surface area contributed by atoms with Gasteiger partial charge in [-0.05, 0) is 44.2 Å². The molecule has 0 spiro atoms. The molecule has 152 valence electrons. The summed E-state index contributed by atoms with van der Waals surface area (Å²) in [7, 11) is 0. The topological polar surface area (TPSA) is 78.0 Å². The molecule has 2 atom stereocenters. The van der Waals surface area contributed by atoms with Gasteiger partial charge in [-0.25, -0.2) is 9.37 Å². The van der Waals surface area contributed by atoms with E-state index in [-0.39, 0.29) is 10.8 Å².